The summed E-state index contributed by atoms with van der Waals surface area (Å²) in [5, 5.41) is 18.5. The van der Waals surface area contributed by atoms with Gasteiger partial charge in [-0.05, 0) is 13.0 Å². The van der Waals surface area contributed by atoms with E-state index in [1.165, 1.54) is 6.07 Å². The molecule has 1 unspecified atom stereocenters. The average molecular weight is 180 g/mol. The molecule has 0 aliphatic carbocycles. The first-order valence-electron chi connectivity index (χ1n) is 4.09. The van der Waals surface area contributed by atoms with Crippen molar-refractivity contribution >= 4 is 6.29 Å². The van der Waals surface area contributed by atoms with Gasteiger partial charge in [0.25, 0.3) is 0 Å². The number of aromatic hydroxyl groups is 1. The van der Waals surface area contributed by atoms with Crippen LogP contribution in [0.25, 0.3) is 0 Å². The molecule has 1 aromatic carbocycles. The molecule has 0 fully saturated rings. The molecule has 3 nitrogen and oxygen atoms in total. The average Bonchev–Trinajstić information content (AvgIpc) is 2.08. The predicted molar refractivity (Wildman–Crippen MR) is 48.9 cm³/mol. The second-order valence-electron chi connectivity index (χ2n) is 3.02. The van der Waals surface area contributed by atoms with Gasteiger partial charge in [-0.25, -0.2) is 0 Å². The summed E-state index contributed by atoms with van der Waals surface area (Å²) in [5.74, 6) is 0.0606. The van der Waals surface area contributed by atoms with Crippen LogP contribution in [-0.4, -0.2) is 22.6 Å². The molecule has 0 bridgehead atoms. The van der Waals surface area contributed by atoms with Crippen LogP contribution in [0.4, 0.5) is 0 Å². The largest absolute Gasteiger partial charge is 0.508 e. The van der Waals surface area contributed by atoms with E-state index in [9.17, 15) is 9.90 Å². The lowest BCUT2D eigenvalue weighted by molar-refractivity contribution is 0.112. The lowest BCUT2D eigenvalue weighted by Gasteiger charge is -2.08. The predicted octanol–water partition coefficient (Wildman–Crippen LogP) is 1.13. The third-order valence-electron chi connectivity index (χ3n) is 1.81. The van der Waals surface area contributed by atoms with Gasteiger partial charge in [-0.1, -0.05) is 12.1 Å². The highest BCUT2D eigenvalue weighted by Gasteiger charge is 2.09. The van der Waals surface area contributed by atoms with Crippen LogP contribution >= 0.6 is 0 Å². The zero-order valence-corrected chi connectivity index (χ0v) is 7.40. The first kappa shape index (κ1) is 9.74. The summed E-state index contributed by atoms with van der Waals surface area (Å²) in [6, 6.07) is 4.72. The minimum atomic E-state index is -0.563. The second-order valence-corrected chi connectivity index (χ2v) is 3.02. The fourth-order valence-corrected chi connectivity index (χ4v) is 1.22. The van der Waals surface area contributed by atoms with Crippen LogP contribution in [-0.2, 0) is 6.42 Å². The molecule has 0 saturated heterocycles. The smallest absolute Gasteiger partial charge is 0.150 e. The number of carbonyl (C=O) groups excluding carboxylic acids is 1. The Labute approximate surface area is 76.6 Å². The van der Waals surface area contributed by atoms with Crippen molar-refractivity contribution in [3.8, 4) is 5.75 Å². The van der Waals surface area contributed by atoms with Gasteiger partial charge >= 0.3 is 0 Å². The van der Waals surface area contributed by atoms with Gasteiger partial charge in [-0.15, -0.1) is 0 Å². The van der Waals surface area contributed by atoms with Gasteiger partial charge in [0.15, 0.2) is 0 Å². The van der Waals surface area contributed by atoms with Crippen LogP contribution in [0.3, 0.4) is 0 Å². The molecular weight excluding hydrogens is 168 g/mol. The van der Waals surface area contributed by atoms with Crippen LogP contribution in [0.1, 0.15) is 22.8 Å². The van der Waals surface area contributed by atoms with Crippen LogP contribution < -0.4 is 0 Å². The molecule has 0 aromatic heterocycles. The summed E-state index contributed by atoms with van der Waals surface area (Å²) in [4.78, 5) is 10.6. The Hall–Kier alpha value is -1.35. The van der Waals surface area contributed by atoms with E-state index >= 15 is 0 Å². The maximum atomic E-state index is 10.6. The molecule has 70 valence electrons. The van der Waals surface area contributed by atoms with Gasteiger partial charge in [0.2, 0.25) is 0 Å². The number of aliphatic hydroxyl groups excluding tert-OH is 1. The lowest BCUT2D eigenvalue weighted by atomic mass is 10.0. The van der Waals surface area contributed by atoms with Gasteiger partial charge in [0.05, 0.1) is 6.10 Å². The molecule has 2 N–H and O–H groups in total. The molecule has 0 aliphatic rings. The highest BCUT2D eigenvalue weighted by molar-refractivity contribution is 5.78. The monoisotopic (exact) mass is 180 g/mol. The topological polar surface area (TPSA) is 57.5 Å². The summed E-state index contributed by atoms with van der Waals surface area (Å²) in [5.41, 5.74) is 0.938. The number of benzene rings is 1. The van der Waals surface area contributed by atoms with Crippen molar-refractivity contribution in [2.75, 3.05) is 0 Å². The number of hydrogen-bond donors (Lipinski definition) is 2. The summed E-state index contributed by atoms with van der Waals surface area (Å²) >= 11 is 0. The Bertz CT molecular complexity index is 305. The Kier molecular flexibility index (Phi) is 3.03. The van der Waals surface area contributed by atoms with Crippen molar-refractivity contribution in [3.05, 3.63) is 29.3 Å². The van der Waals surface area contributed by atoms with Crippen molar-refractivity contribution < 1.29 is 15.0 Å². The molecule has 0 radical (unpaired) electrons. The molecule has 1 aromatic rings. The van der Waals surface area contributed by atoms with Gasteiger partial charge in [-0.3, -0.25) is 4.79 Å². The SMILES string of the molecule is CC(O)Cc1c(O)cccc1C=O. The van der Waals surface area contributed by atoms with Crippen molar-refractivity contribution in [1.82, 2.24) is 0 Å². The Morgan fingerprint density at radius 2 is 2.23 bits per heavy atom. The molecule has 3 heteroatoms. The zero-order chi connectivity index (χ0) is 9.84. The van der Waals surface area contributed by atoms with E-state index in [2.05, 4.69) is 0 Å². The maximum Gasteiger partial charge on any atom is 0.150 e. The number of aldehydes is 1. The van der Waals surface area contributed by atoms with Gasteiger partial charge in [0.1, 0.15) is 12.0 Å². The van der Waals surface area contributed by atoms with Crippen molar-refractivity contribution in [2.24, 2.45) is 0 Å². The Morgan fingerprint density at radius 3 is 2.77 bits per heavy atom. The van der Waals surface area contributed by atoms with E-state index in [1.54, 1.807) is 19.1 Å². The molecule has 1 atom stereocenters. The third-order valence-corrected chi connectivity index (χ3v) is 1.81. The van der Waals surface area contributed by atoms with Crippen molar-refractivity contribution in [3.63, 3.8) is 0 Å². The molecule has 0 saturated carbocycles. The van der Waals surface area contributed by atoms with Gasteiger partial charge in [-0.2, -0.15) is 0 Å². The van der Waals surface area contributed by atoms with Crippen LogP contribution in [0.15, 0.2) is 18.2 Å². The first-order chi connectivity index (χ1) is 6.15. The fraction of sp³-hybridized carbons (Fsp3) is 0.300. The fourth-order valence-electron chi connectivity index (χ4n) is 1.22. The van der Waals surface area contributed by atoms with Crippen LogP contribution in [0.5, 0.6) is 5.75 Å². The minimum Gasteiger partial charge on any atom is -0.508 e. The lowest BCUT2D eigenvalue weighted by Crippen LogP contribution is -2.06. The van der Waals surface area contributed by atoms with Crippen molar-refractivity contribution in [2.45, 2.75) is 19.4 Å². The highest BCUT2D eigenvalue weighted by Crippen LogP contribution is 2.21. The number of rotatable bonds is 3. The Balaban J connectivity index is 3.07. The summed E-state index contributed by atoms with van der Waals surface area (Å²) in [6.45, 7) is 1.61. The summed E-state index contributed by atoms with van der Waals surface area (Å²) in [7, 11) is 0. The summed E-state index contributed by atoms with van der Waals surface area (Å²) < 4.78 is 0. The first-order valence-corrected chi connectivity index (χ1v) is 4.09. The van der Waals surface area contributed by atoms with Crippen molar-refractivity contribution in [1.29, 1.82) is 0 Å². The van der Waals surface area contributed by atoms with E-state index < -0.39 is 6.10 Å². The van der Waals surface area contributed by atoms with E-state index in [1.807, 2.05) is 0 Å². The number of hydrogen-bond acceptors (Lipinski definition) is 3. The van der Waals surface area contributed by atoms with Gasteiger partial charge in [0, 0.05) is 17.5 Å². The van der Waals surface area contributed by atoms with E-state index in [-0.39, 0.29) is 5.75 Å². The molecule has 0 amide bonds. The standard InChI is InChI=1S/C10H12O3/c1-7(12)5-9-8(6-11)3-2-4-10(9)13/h2-4,6-7,12-13H,5H2,1H3. The molecule has 13 heavy (non-hydrogen) atoms. The van der Waals surface area contributed by atoms with Crippen LogP contribution in [0, 0.1) is 0 Å². The molecule has 0 heterocycles. The second kappa shape index (κ2) is 4.05. The molecular formula is C10H12O3. The molecule has 0 aliphatic heterocycles. The minimum absolute atomic E-state index is 0.0606. The number of phenolic OH excluding ortho intramolecular Hbond substituents is 1. The van der Waals surface area contributed by atoms with E-state index in [0.29, 0.717) is 23.8 Å². The summed E-state index contributed by atoms with van der Waals surface area (Å²) in [6.07, 6.45) is 0.407. The van der Waals surface area contributed by atoms with Gasteiger partial charge < -0.3 is 10.2 Å². The third kappa shape index (κ3) is 2.29. The molecule has 0 spiro atoms. The number of carbonyl (C=O) groups is 1. The highest BCUT2D eigenvalue weighted by atomic mass is 16.3. The quantitative estimate of drug-likeness (QED) is 0.685. The van der Waals surface area contributed by atoms with Crippen LogP contribution in [0.2, 0.25) is 0 Å². The maximum absolute atomic E-state index is 10.6. The molecule has 1 rings (SSSR count). The van der Waals surface area contributed by atoms with E-state index in [4.69, 9.17) is 5.11 Å². The zero-order valence-electron chi connectivity index (χ0n) is 7.40. The van der Waals surface area contributed by atoms with E-state index in [0.717, 1.165) is 0 Å². The number of phenols is 1. The number of aliphatic hydroxyl groups is 1. The normalized spacial score (nSPS) is 12.5. The Morgan fingerprint density at radius 1 is 1.54 bits per heavy atom.